The SMILES string of the molecule is C=C=C[C@@H]1C[C@@H](C(=O)NC(CCC)C(=O)C(=O)NCC=C)N(C(=O)[C@@H](NC(=O)N[C@H](C(=O)OCc2ccccc2)C2CCC2)C(C)C)C1. The third-order valence-electron chi connectivity index (χ3n) is 8.72. The molecule has 2 fully saturated rings. The lowest BCUT2D eigenvalue weighted by Gasteiger charge is -2.34. The number of likely N-dealkylation sites (tertiary alicyclic amines) is 1. The van der Waals surface area contributed by atoms with Crippen LogP contribution in [0.25, 0.3) is 0 Å². The Bertz CT molecular complexity index is 1370. The number of esters is 1. The van der Waals surface area contributed by atoms with E-state index in [9.17, 15) is 28.8 Å². The number of ether oxygens (including phenoxy) is 1. The number of hydrogen-bond acceptors (Lipinski definition) is 7. The second kappa shape index (κ2) is 18.6. The van der Waals surface area contributed by atoms with Crippen LogP contribution in [0.1, 0.15) is 64.9 Å². The van der Waals surface area contributed by atoms with E-state index >= 15 is 0 Å². The third-order valence-corrected chi connectivity index (χ3v) is 8.72. The molecule has 12 nitrogen and oxygen atoms in total. The van der Waals surface area contributed by atoms with Gasteiger partial charge in [-0.25, -0.2) is 9.59 Å². The fourth-order valence-electron chi connectivity index (χ4n) is 5.86. The maximum absolute atomic E-state index is 14.1. The van der Waals surface area contributed by atoms with Crippen molar-refractivity contribution in [1.29, 1.82) is 0 Å². The molecule has 0 aromatic heterocycles. The van der Waals surface area contributed by atoms with Crippen LogP contribution in [0.2, 0.25) is 0 Å². The molecule has 1 aromatic rings. The number of urea groups is 1. The Balaban J connectivity index is 1.73. The molecule has 1 saturated carbocycles. The summed E-state index contributed by atoms with van der Waals surface area (Å²) in [6.45, 7) is 12.8. The lowest BCUT2D eigenvalue weighted by Crippen LogP contribution is -2.60. The molecule has 12 heteroatoms. The van der Waals surface area contributed by atoms with Crippen molar-refractivity contribution in [3.05, 3.63) is 66.9 Å². The predicted octanol–water partition coefficient (Wildman–Crippen LogP) is 2.94. The van der Waals surface area contributed by atoms with Gasteiger partial charge in [-0.3, -0.25) is 19.2 Å². The summed E-state index contributed by atoms with van der Waals surface area (Å²) < 4.78 is 5.54. The minimum Gasteiger partial charge on any atom is -0.459 e. The molecule has 0 bridgehead atoms. The van der Waals surface area contributed by atoms with Crippen LogP contribution in [0, 0.1) is 17.8 Å². The number of rotatable bonds is 17. The number of nitrogens with zero attached hydrogens (tertiary/aromatic N) is 1. The zero-order valence-electron chi connectivity index (χ0n) is 28.2. The molecule has 260 valence electrons. The first-order valence-electron chi connectivity index (χ1n) is 16.7. The van der Waals surface area contributed by atoms with Crippen LogP contribution in [0.4, 0.5) is 4.79 Å². The van der Waals surface area contributed by atoms with E-state index in [1.807, 2.05) is 37.3 Å². The molecule has 48 heavy (non-hydrogen) atoms. The Morgan fingerprint density at radius 2 is 1.77 bits per heavy atom. The van der Waals surface area contributed by atoms with Crippen molar-refractivity contribution in [2.45, 2.75) is 90.1 Å². The first-order valence-corrected chi connectivity index (χ1v) is 16.7. The molecule has 2 aliphatic rings. The molecule has 1 aliphatic carbocycles. The maximum Gasteiger partial charge on any atom is 0.329 e. The van der Waals surface area contributed by atoms with E-state index in [1.54, 1.807) is 19.9 Å². The highest BCUT2D eigenvalue weighted by molar-refractivity contribution is 6.38. The fraction of sp³-hybridized carbons (Fsp3) is 0.528. The second-order valence-corrected chi connectivity index (χ2v) is 12.7. The van der Waals surface area contributed by atoms with Gasteiger partial charge in [0.2, 0.25) is 17.6 Å². The lowest BCUT2D eigenvalue weighted by atomic mass is 9.79. The van der Waals surface area contributed by atoms with Crippen LogP contribution in [0.15, 0.2) is 61.4 Å². The highest BCUT2D eigenvalue weighted by Gasteiger charge is 2.43. The summed E-state index contributed by atoms with van der Waals surface area (Å²) in [4.78, 5) is 80.7. The summed E-state index contributed by atoms with van der Waals surface area (Å²) in [5.74, 6) is -3.94. The molecule has 5 atom stereocenters. The van der Waals surface area contributed by atoms with Gasteiger partial charge in [0.1, 0.15) is 24.7 Å². The van der Waals surface area contributed by atoms with Gasteiger partial charge in [0.15, 0.2) is 0 Å². The van der Waals surface area contributed by atoms with Crippen LogP contribution in [0.3, 0.4) is 0 Å². The molecule has 4 N–H and O–H groups in total. The molecule has 1 aromatic carbocycles. The molecule has 1 saturated heterocycles. The van der Waals surface area contributed by atoms with E-state index in [0.717, 1.165) is 24.8 Å². The largest absolute Gasteiger partial charge is 0.459 e. The maximum atomic E-state index is 14.1. The topological polar surface area (TPSA) is 163 Å². The Morgan fingerprint density at radius 3 is 2.35 bits per heavy atom. The summed E-state index contributed by atoms with van der Waals surface area (Å²) in [5, 5.41) is 10.6. The number of carbonyl (C=O) groups excluding carboxylic acids is 6. The van der Waals surface area contributed by atoms with Gasteiger partial charge in [-0.05, 0) is 49.2 Å². The zero-order valence-corrected chi connectivity index (χ0v) is 28.2. The van der Waals surface area contributed by atoms with Crippen molar-refractivity contribution in [3.8, 4) is 0 Å². The van der Waals surface area contributed by atoms with Gasteiger partial charge < -0.3 is 30.9 Å². The summed E-state index contributed by atoms with van der Waals surface area (Å²) in [6, 6.07) is 4.58. The van der Waals surface area contributed by atoms with Gasteiger partial charge >= 0.3 is 12.0 Å². The van der Waals surface area contributed by atoms with Crippen molar-refractivity contribution < 1.29 is 33.5 Å². The molecule has 1 aliphatic heterocycles. The van der Waals surface area contributed by atoms with Crippen molar-refractivity contribution in [3.63, 3.8) is 0 Å². The summed E-state index contributed by atoms with van der Waals surface area (Å²) in [7, 11) is 0. The van der Waals surface area contributed by atoms with Gasteiger partial charge in [-0.15, -0.1) is 12.3 Å². The van der Waals surface area contributed by atoms with Crippen LogP contribution in [-0.2, 0) is 35.3 Å². The lowest BCUT2D eigenvalue weighted by molar-refractivity contribution is -0.149. The zero-order chi connectivity index (χ0) is 35.2. The van der Waals surface area contributed by atoms with Crippen LogP contribution in [0.5, 0.6) is 0 Å². The fourth-order valence-corrected chi connectivity index (χ4v) is 5.86. The van der Waals surface area contributed by atoms with Crippen molar-refractivity contribution in [1.82, 2.24) is 26.2 Å². The van der Waals surface area contributed by atoms with Crippen LogP contribution < -0.4 is 21.3 Å². The minimum absolute atomic E-state index is 0.0717. The summed E-state index contributed by atoms with van der Waals surface area (Å²) >= 11 is 0. The Morgan fingerprint density at radius 1 is 1.06 bits per heavy atom. The van der Waals surface area contributed by atoms with Gasteiger partial charge in [-0.2, -0.15) is 0 Å². The average Bonchev–Trinajstić information content (AvgIpc) is 3.47. The molecule has 1 unspecified atom stereocenters. The van der Waals surface area contributed by atoms with E-state index in [1.165, 1.54) is 11.0 Å². The van der Waals surface area contributed by atoms with Gasteiger partial charge in [0, 0.05) is 19.0 Å². The quantitative estimate of drug-likeness (QED) is 0.0862. The van der Waals surface area contributed by atoms with Gasteiger partial charge in [0.05, 0.1) is 6.04 Å². The summed E-state index contributed by atoms with van der Waals surface area (Å²) in [5.41, 5.74) is 3.54. The molecular weight excluding hydrogens is 614 g/mol. The highest BCUT2D eigenvalue weighted by atomic mass is 16.5. The smallest absolute Gasteiger partial charge is 0.329 e. The second-order valence-electron chi connectivity index (χ2n) is 12.7. The third kappa shape index (κ3) is 10.4. The molecule has 0 radical (unpaired) electrons. The van der Waals surface area contributed by atoms with Gasteiger partial charge in [-0.1, -0.05) is 76.6 Å². The molecule has 3 rings (SSSR count). The number of Topliss-reactive ketones (excluding diaryl/α,β-unsaturated/α-hetero) is 1. The van der Waals surface area contributed by atoms with E-state index in [0.29, 0.717) is 6.42 Å². The van der Waals surface area contributed by atoms with Crippen molar-refractivity contribution in [2.24, 2.45) is 17.8 Å². The van der Waals surface area contributed by atoms with Crippen LogP contribution in [-0.4, -0.2) is 77.7 Å². The van der Waals surface area contributed by atoms with Crippen molar-refractivity contribution >= 4 is 35.5 Å². The van der Waals surface area contributed by atoms with E-state index < -0.39 is 59.7 Å². The normalized spacial score (nSPS) is 19.0. The van der Waals surface area contributed by atoms with Gasteiger partial charge in [0.25, 0.3) is 5.91 Å². The number of carbonyl (C=O) groups is 6. The Hall–Kier alpha value is -4.70. The summed E-state index contributed by atoms with van der Waals surface area (Å²) in [6.07, 6.45) is 6.58. The first-order chi connectivity index (χ1) is 23.0. The molecule has 0 spiro atoms. The number of ketones is 1. The van der Waals surface area contributed by atoms with E-state index in [2.05, 4.69) is 40.2 Å². The standard InChI is InChI=1S/C36H49N5O7/c1-6-13-25-20-28(32(43)38-27(14-7-2)31(42)33(44)37-19-8-3)41(21-25)34(45)29(23(4)5)39-36(47)40-30(26-17-12-18-26)35(46)48-22-24-15-10-9-11-16-24/h8-11,13,15-16,23,25-30H,1,3,7,12,14,17-22H2,2,4-5H3,(H,37,44)(H,38,43)(H2,39,40,47)/t25-,27?,28+,29+,30+/m1/s1. The molecule has 1 heterocycles. The molecular formula is C36H49N5O7. The number of hydrogen-bond donors (Lipinski definition) is 4. The van der Waals surface area contributed by atoms with Crippen LogP contribution >= 0.6 is 0 Å². The monoisotopic (exact) mass is 663 g/mol. The predicted molar refractivity (Wildman–Crippen MR) is 180 cm³/mol. The highest BCUT2D eigenvalue weighted by Crippen LogP contribution is 2.31. The van der Waals surface area contributed by atoms with Crippen molar-refractivity contribution in [2.75, 3.05) is 13.1 Å². The number of amides is 5. The van der Waals surface area contributed by atoms with E-state index in [4.69, 9.17) is 4.74 Å². The number of nitrogens with one attached hydrogen (secondary N) is 4. The van der Waals surface area contributed by atoms with E-state index in [-0.39, 0.29) is 50.3 Å². The number of benzene rings is 1. The Labute approximate surface area is 282 Å². The molecule has 5 amide bonds. The Kier molecular flexibility index (Phi) is 14.6. The first kappa shape index (κ1) is 37.8. The average molecular weight is 664 g/mol. The minimum atomic E-state index is -1.08.